The van der Waals surface area contributed by atoms with E-state index in [-0.39, 0.29) is 11.3 Å². The largest absolute Gasteiger partial charge is 0.490 e. The number of carbonyl (C=O) groups excluding carboxylic acids is 1. The van der Waals surface area contributed by atoms with Crippen LogP contribution in [0.3, 0.4) is 0 Å². The van der Waals surface area contributed by atoms with Gasteiger partial charge in [-0.15, -0.1) is 0 Å². The van der Waals surface area contributed by atoms with Crippen molar-refractivity contribution < 1.29 is 14.3 Å². The van der Waals surface area contributed by atoms with E-state index in [1.165, 1.54) is 11.1 Å². The molecular weight excluding hydrogens is 519 g/mol. The molecule has 3 aromatic rings. The molecule has 0 bridgehead atoms. The van der Waals surface area contributed by atoms with Gasteiger partial charge in [0.1, 0.15) is 25.2 Å². The Bertz CT molecular complexity index is 1220. The molecular formula is C31H36Cl2N2O3. The molecule has 7 heteroatoms. The quantitative estimate of drug-likeness (QED) is 0.219. The highest BCUT2D eigenvalue weighted by molar-refractivity contribution is 6.37. The molecule has 2 unspecified atom stereocenters. The number of aryl methyl sites for hydroxylation is 1. The van der Waals surface area contributed by atoms with E-state index in [0.29, 0.717) is 41.2 Å². The van der Waals surface area contributed by atoms with Gasteiger partial charge >= 0.3 is 0 Å². The first-order valence-electron chi connectivity index (χ1n) is 13.1. The lowest BCUT2D eigenvalue weighted by Crippen LogP contribution is -2.50. The number of para-hydroxylation sites is 1. The Morgan fingerprint density at radius 2 is 1.68 bits per heavy atom. The lowest BCUT2D eigenvalue weighted by molar-refractivity contribution is -0.111. The van der Waals surface area contributed by atoms with Crippen LogP contribution in [0.5, 0.6) is 11.5 Å². The van der Waals surface area contributed by atoms with Crippen molar-refractivity contribution in [2.75, 3.05) is 24.7 Å². The number of nitrogens with two attached hydrogens (primary N) is 1. The normalized spacial score (nSPS) is 14.9. The fraction of sp³-hybridized carbons (Fsp3) is 0.387. The van der Waals surface area contributed by atoms with Crippen molar-refractivity contribution in [3.63, 3.8) is 0 Å². The third kappa shape index (κ3) is 6.82. The third-order valence-corrected chi connectivity index (χ3v) is 7.58. The fourth-order valence-corrected chi connectivity index (χ4v) is 5.31. The molecule has 202 valence electrons. The van der Waals surface area contributed by atoms with Crippen LogP contribution in [-0.2, 0) is 23.1 Å². The van der Waals surface area contributed by atoms with Gasteiger partial charge in [0.15, 0.2) is 5.75 Å². The minimum Gasteiger partial charge on any atom is -0.490 e. The van der Waals surface area contributed by atoms with E-state index in [0.717, 1.165) is 36.9 Å². The Morgan fingerprint density at radius 1 is 1.00 bits per heavy atom. The molecule has 4 rings (SSSR count). The second-order valence-electron chi connectivity index (χ2n) is 10.8. The molecule has 0 saturated heterocycles. The van der Waals surface area contributed by atoms with Crippen molar-refractivity contribution in [2.45, 2.75) is 51.6 Å². The lowest BCUT2D eigenvalue weighted by atomic mass is 9.84. The average molecular weight is 556 g/mol. The molecule has 0 radical (unpaired) electrons. The van der Waals surface area contributed by atoms with Gasteiger partial charge in [0.05, 0.1) is 22.1 Å². The lowest BCUT2D eigenvalue weighted by Gasteiger charge is -2.39. The molecule has 1 heterocycles. The predicted molar refractivity (Wildman–Crippen MR) is 156 cm³/mol. The number of benzene rings is 3. The Kier molecular flexibility index (Phi) is 9.24. The van der Waals surface area contributed by atoms with E-state index in [2.05, 4.69) is 43.9 Å². The molecule has 0 spiro atoms. The maximum atomic E-state index is 12.1. The van der Waals surface area contributed by atoms with E-state index < -0.39 is 6.17 Å². The Labute approximate surface area is 235 Å². The summed E-state index contributed by atoms with van der Waals surface area (Å²) >= 11 is 12.3. The van der Waals surface area contributed by atoms with Gasteiger partial charge in [-0.1, -0.05) is 74.3 Å². The summed E-state index contributed by atoms with van der Waals surface area (Å²) in [6.07, 6.45) is 3.22. The Balaban J connectivity index is 1.34. The second-order valence-corrected chi connectivity index (χ2v) is 11.6. The van der Waals surface area contributed by atoms with E-state index in [1.807, 2.05) is 24.3 Å². The molecule has 2 atom stereocenters. The van der Waals surface area contributed by atoms with Gasteiger partial charge in [-0.3, -0.25) is 0 Å². The molecule has 2 N–H and O–H groups in total. The number of hydrogen-bond acceptors (Lipinski definition) is 5. The smallest absolute Gasteiger partial charge is 0.156 e. The number of aldehydes is 1. The predicted octanol–water partition coefficient (Wildman–Crippen LogP) is 6.84. The molecule has 0 amide bonds. The zero-order chi connectivity index (χ0) is 27.3. The molecule has 5 nitrogen and oxygen atoms in total. The molecule has 0 fully saturated rings. The SMILES string of the molecule is CC(C)(C)c1ccc2c(c1)CCCN2C(N)C(C=O)Cc1ccc(OCCOc2c(Cl)cccc2Cl)cc1. The zero-order valence-electron chi connectivity index (χ0n) is 22.3. The second kappa shape index (κ2) is 12.4. The minimum absolute atomic E-state index is 0.0942. The molecule has 38 heavy (non-hydrogen) atoms. The van der Waals surface area contributed by atoms with E-state index in [4.69, 9.17) is 38.4 Å². The minimum atomic E-state index is -0.392. The maximum Gasteiger partial charge on any atom is 0.156 e. The average Bonchev–Trinajstić information content (AvgIpc) is 2.90. The van der Waals surface area contributed by atoms with Crippen molar-refractivity contribution in [3.8, 4) is 11.5 Å². The van der Waals surface area contributed by atoms with Gasteiger partial charge in [0.25, 0.3) is 0 Å². The van der Waals surface area contributed by atoms with Gasteiger partial charge in [-0.05, 0) is 71.7 Å². The van der Waals surface area contributed by atoms with Crippen LogP contribution >= 0.6 is 23.2 Å². The Morgan fingerprint density at radius 3 is 2.34 bits per heavy atom. The van der Waals surface area contributed by atoms with Gasteiger partial charge in [-0.2, -0.15) is 0 Å². The van der Waals surface area contributed by atoms with Gasteiger partial charge in [0.2, 0.25) is 0 Å². The first-order valence-corrected chi connectivity index (χ1v) is 13.8. The molecule has 0 aliphatic carbocycles. The summed E-state index contributed by atoms with van der Waals surface area (Å²) in [5.41, 5.74) is 11.6. The summed E-state index contributed by atoms with van der Waals surface area (Å²) in [6.45, 7) is 8.18. The van der Waals surface area contributed by atoms with Gasteiger partial charge < -0.3 is 24.9 Å². The highest BCUT2D eigenvalue weighted by Crippen LogP contribution is 2.34. The van der Waals surface area contributed by atoms with Crippen LogP contribution in [0.2, 0.25) is 10.0 Å². The van der Waals surface area contributed by atoms with E-state index >= 15 is 0 Å². The number of fused-ring (bicyclic) bond motifs is 1. The van der Waals surface area contributed by atoms with Gasteiger partial charge in [-0.25, -0.2) is 0 Å². The van der Waals surface area contributed by atoms with Crippen LogP contribution in [0, 0.1) is 5.92 Å². The van der Waals surface area contributed by atoms with Crippen LogP contribution in [-0.4, -0.2) is 32.2 Å². The number of carbonyl (C=O) groups is 1. The highest BCUT2D eigenvalue weighted by Gasteiger charge is 2.29. The Hall–Kier alpha value is -2.73. The fourth-order valence-electron chi connectivity index (χ4n) is 4.80. The van der Waals surface area contributed by atoms with Crippen LogP contribution in [0.1, 0.15) is 43.9 Å². The van der Waals surface area contributed by atoms with Crippen molar-refractivity contribution in [1.29, 1.82) is 0 Å². The number of halogens is 2. The van der Waals surface area contributed by atoms with Crippen molar-refractivity contribution in [1.82, 2.24) is 0 Å². The number of rotatable bonds is 10. The number of nitrogens with zero attached hydrogens (tertiary/aromatic N) is 1. The summed E-state index contributed by atoms with van der Waals surface area (Å²) in [4.78, 5) is 14.3. The molecule has 3 aromatic carbocycles. The topological polar surface area (TPSA) is 64.8 Å². The zero-order valence-corrected chi connectivity index (χ0v) is 23.8. The number of anilines is 1. The summed E-state index contributed by atoms with van der Waals surface area (Å²) in [7, 11) is 0. The summed E-state index contributed by atoms with van der Waals surface area (Å²) in [5, 5.41) is 0.931. The van der Waals surface area contributed by atoms with Crippen molar-refractivity contribution in [2.24, 2.45) is 11.7 Å². The summed E-state index contributed by atoms with van der Waals surface area (Å²) < 4.78 is 11.5. The molecule has 0 aromatic heterocycles. The number of hydrogen-bond donors (Lipinski definition) is 1. The van der Waals surface area contributed by atoms with Crippen LogP contribution in [0.25, 0.3) is 0 Å². The first kappa shape index (κ1) is 28.3. The molecule has 1 aliphatic heterocycles. The maximum absolute atomic E-state index is 12.1. The van der Waals surface area contributed by atoms with Gasteiger partial charge in [0, 0.05) is 12.2 Å². The molecule has 1 aliphatic rings. The van der Waals surface area contributed by atoms with Crippen molar-refractivity contribution in [3.05, 3.63) is 87.4 Å². The van der Waals surface area contributed by atoms with Crippen LogP contribution < -0.4 is 20.1 Å². The first-order chi connectivity index (χ1) is 18.2. The number of ether oxygens (including phenoxy) is 2. The standard InChI is InChI=1S/C31H36Cl2N2O3/c1-31(2,3)24-11-14-28-22(19-24)6-5-15-35(28)30(34)23(20-36)18-21-9-12-25(13-10-21)37-16-17-38-29-26(32)7-4-8-27(29)33/h4,7-14,19-20,23,30H,5-6,15-18,34H2,1-3H3. The van der Waals surface area contributed by atoms with Crippen LogP contribution in [0.15, 0.2) is 60.7 Å². The molecule has 0 saturated carbocycles. The van der Waals surface area contributed by atoms with E-state index in [9.17, 15) is 4.79 Å². The van der Waals surface area contributed by atoms with Crippen molar-refractivity contribution >= 4 is 35.2 Å². The van der Waals surface area contributed by atoms with E-state index in [1.54, 1.807) is 18.2 Å². The van der Waals surface area contributed by atoms with Crippen LogP contribution in [0.4, 0.5) is 5.69 Å². The summed E-state index contributed by atoms with van der Waals surface area (Å²) in [6, 6.07) is 19.6. The third-order valence-electron chi connectivity index (χ3n) is 6.99. The monoisotopic (exact) mass is 554 g/mol. The summed E-state index contributed by atoms with van der Waals surface area (Å²) in [5.74, 6) is 0.843. The highest BCUT2D eigenvalue weighted by atomic mass is 35.5.